The van der Waals surface area contributed by atoms with Crippen molar-refractivity contribution in [3.05, 3.63) is 11.8 Å². The van der Waals surface area contributed by atoms with E-state index in [2.05, 4.69) is 21.8 Å². The minimum Gasteiger partial charge on any atom is -0.370 e. The van der Waals surface area contributed by atoms with Crippen molar-refractivity contribution in [2.75, 3.05) is 25.0 Å². The van der Waals surface area contributed by atoms with Gasteiger partial charge in [0.05, 0.1) is 5.69 Å². The molecule has 0 radical (unpaired) electrons. The third kappa shape index (κ3) is 2.07. The Morgan fingerprint density at radius 3 is 2.93 bits per heavy atom. The van der Waals surface area contributed by atoms with Crippen molar-refractivity contribution in [3.8, 4) is 0 Å². The number of rotatable bonds is 4. The molecular weight excluding hydrogens is 176 g/mol. The van der Waals surface area contributed by atoms with E-state index in [4.69, 9.17) is 0 Å². The molecule has 2 rings (SSSR count). The maximum Gasteiger partial charge on any atom is 0.124 e. The van der Waals surface area contributed by atoms with Crippen LogP contribution in [0.2, 0.25) is 0 Å². The molecule has 0 unspecified atom stereocenters. The Hall–Kier alpha value is -1.03. The lowest BCUT2D eigenvalue weighted by molar-refractivity contribution is 0.334. The van der Waals surface area contributed by atoms with Crippen LogP contribution in [0.4, 0.5) is 5.82 Å². The predicted octanol–water partition coefficient (Wildman–Crippen LogP) is 0.750. The molecule has 4 heteroatoms. The number of nitrogens with zero attached hydrogens (tertiary/aromatic N) is 2. The van der Waals surface area contributed by atoms with Gasteiger partial charge in [-0.05, 0) is 32.4 Å². The monoisotopic (exact) mass is 194 g/mol. The summed E-state index contributed by atoms with van der Waals surface area (Å²) < 4.78 is 1.90. The SMILES string of the molecule is Cc1cc(NCCC2CNC2)n(C)n1. The van der Waals surface area contributed by atoms with Crippen LogP contribution in [0.1, 0.15) is 12.1 Å². The number of anilines is 1. The van der Waals surface area contributed by atoms with Crippen LogP contribution < -0.4 is 10.6 Å². The molecular formula is C10H18N4. The molecule has 0 atom stereocenters. The van der Waals surface area contributed by atoms with Gasteiger partial charge in [0.15, 0.2) is 0 Å². The second-order valence-corrected chi connectivity index (χ2v) is 4.03. The molecule has 0 bridgehead atoms. The molecule has 0 aliphatic carbocycles. The van der Waals surface area contributed by atoms with Gasteiger partial charge in [0, 0.05) is 19.7 Å². The van der Waals surface area contributed by atoms with Gasteiger partial charge in [-0.15, -0.1) is 0 Å². The van der Waals surface area contributed by atoms with Crippen molar-refractivity contribution in [3.63, 3.8) is 0 Å². The second-order valence-electron chi connectivity index (χ2n) is 4.03. The average Bonchev–Trinajstić information content (AvgIpc) is 2.36. The van der Waals surface area contributed by atoms with Gasteiger partial charge in [0.2, 0.25) is 0 Å². The summed E-state index contributed by atoms with van der Waals surface area (Å²) in [6.07, 6.45) is 1.25. The summed E-state index contributed by atoms with van der Waals surface area (Å²) in [6.45, 7) is 5.44. The molecule has 2 heterocycles. The van der Waals surface area contributed by atoms with Gasteiger partial charge >= 0.3 is 0 Å². The second kappa shape index (κ2) is 4.00. The fourth-order valence-electron chi connectivity index (χ4n) is 1.73. The lowest BCUT2D eigenvalue weighted by atomic mass is 10.00. The van der Waals surface area contributed by atoms with Crippen LogP contribution in [0, 0.1) is 12.8 Å². The van der Waals surface area contributed by atoms with Crippen molar-refractivity contribution >= 4 is 5.82 Å². The van der Waals surface area contributed by atoms with E-state index in [0.717, 1.165) is 24.0 Å². The number of nitrogens with one attached hydrogen (secondary N) is 2. The van der Waals surface area contributed by atoms with E-state index in [9.17, 15) is 0 Å². The highest BCUT2D eigenvalue weighted by atomic mass is 15.3. The van der Waals surface area contributed by atoms with Crippen LogP contribution in [-0.4, -0.2) is 29.4 Å². The first kappa shape index (κ1) is 9.52. The summed E-state index contributed by atoms with van der Waals surface area (Å²) in [7, 11) is 1.97. The molecule has 0 amide bonds. The van der Waals surface area contributed by atoms with Gasteiger partial charge < -0.3 is 10.6 Å². The standard InChI is InChI=1S/C10H18N4/c1-8-5-10(14(2)13-8)12-4-3-9-6-11-7-9/h5,9,11-12H,3-4,6-7H2,1-2H3. The Morgan fingerprint density at radius 2 is 2.43 bits per heavy atom. The van der Waals surface area contributed by atoms with Crippen molar-refractivity contribution in [1.29, 1.82) is 0 Å². The lowest BCUT2D eigenvalue weighted by Crippen LogP contribution is -2.42. The molecule has 0 spiro atoms. The van der Waals surface area contributed by atoms with E-state index in [1.54, 1.807) is 0 Å². The van der Waals surface area contributed by atoms with E-state index in [1.165, 1.54) is 19.5 Å². The Morgan fingerprint density at radius 1 is 1.64 bits per heavy atom. The van der Waals surface area contributed by atoms with Crippen LogP contribution in [0.15, 0.2) is 6.07 Å². The van der Waals surface area contributed by atoms with E-state index >= 15 is 0 Å². The third-order valence-electron chi connectivity index (χ3n) is 2.73. The summed E-state index contributed by atoms with van der Waals surface area (Å²) >= 11 is 0. The van der Waals surface area contributed by atoms with Crippen LogP contribution >= 0.6 is 0 Å². The smallest absolute Gasteiger partial charge is 0.124 e. The molecule has 78 valence electrons. The largest absolute Gasteiger partial charge is 0.370 e. The zero-order chi connectivity index (χ0) is 9.97. The molecule has 0 saturated carbocycles. The quantitative estimate of drug-likeness (QED) is 0.743. The Kier molecular flexibility index (Phi) is 2.72. The van der Waals surface area contributed by atoms with Crippen molar-refractivity contribution < 1.29 is 0 Å². The van der Waals surface area contributed by atoms with E-state index in [-0.39, 0.29) is 0 Å². The molecule has 1 fully saturated rings. The van der Waals surface area contributed by atoms with E-state index in [0.29, 0.717) is 0 Å². The predicted molar refractivity (Wildman–Crippen MR) is 57.4 cm³/mol. The highest BCUT2D eigenvalue weighted by Crippen LogP contribution is 2.11. The summed E-state index contributed by atoms with van der Waals surface area (Å²) in [5.41, 5.74) is 1.07. The molecule has 14 heavy (non-hydrogen) atoms. The van der Waals surface area contributed by atoms with E-state index in [1.807, 2.05) is 18.7 Å². The molecule has 1 aliphatic rings. The third-order valence-corrected chi connectivity index (χ3v) is 2.73. The highest BCUT2D eigenvalue weighted by molar-refractivity contribution is 5.36. The summed E-state index contributed by atoms with van der Waals surface area (Å²) in [4.78, 5) is 0. The molecule has 1 aromatic heterocycles. The minimum absolute atomic E-state index is 0.872. The van der Waals surface area contributed by atoms with Gasteiger partial charge in [0.1, 0.15) is 5.82 Å². The first-order valence-electron chi connectivity index (χ1n) is 5.21. The highest BCUT2D eigenvalue weighted by Gasteiger charge is 2.15. The Balaban J connectivity index is 1.76. The van der Waals surface area contributed by atoms with Gasteiger partial charge in [-0.25, -0.2) is 0 Å². The van der Waals surface area contributed by atoms with Gasteiger partial charge in [-0.2, -0.15) is 5.10 Å². The van der Waals surface area contributed by atoms with Gasteiger partial charge in [-0.3, -0.25) is 4.68 Å². The number of hydrogen-bond acceptors (Lipinski definition) is 3. The van der Waals surface area contributed by atoms with Crippen LogP contribution in [-0.2, 0) is 7.05 Å². The van der Waals surface area contributed by atoms with Gasteiger partial charge in [0.25, 0.3) is 0 Å². The number of aromatic nitrogens is 2. The van der Waals surface area contributed by atoms with Crippen LogP contribution in [0.3, 0.4) is 0 Å². The van der Waals surface area contributed by atoms with Gasteiger partial charge in [-0.1, -0.05) is 0 Å². The van der Waals surface area contributed by atoms with Crippen molar-refractivity contribution in [1.82, 2.24) is 15.1 Å². The Labute approximate surface area is 84.7 Å². The lowest BCUT2D eigenvalue weighted by Gasteiger charge is -2.27. The molecule has 1 aliphatic heterocycles. The zero-order valence-corrected chi connectivity index (χ0v) is 8.88. The maximum absolute atomic E-state index is 4.28. The molecule has 2 N–H and O–H groups in total. The van der Waals surface area contributed by atoms with Crippen LogP contribution in [0.25, 0.3) is 0 Å². The Bertz CT molecular complexity index is 301. The number of aryl methyl sites for hydroxylation is 2. The van der Waals surface area contributed by atoms with Crippen molar-refractivity contribution in [2.45, 2.75) is 13.3 Å². The fraction of sp³-hybridized carbons (Fsp3) is 0.700. The summed E-state index contributed by atoms with van der Waals surface area (Å²) in [6, 6.07) is 2.08. The molecule has 1 aromatic rings. The average molecular weight is 194 g/mol. The minimum atomic E-state index is 0.872. The molecule has 1 saturated heterocycles. The van der Waals surface area contributed by atoms with E-state index < -0.39 is 0 Å². The topological polar surface area (TPSA) is 41.9 Å². The normalized spacial score (nSPS) is 16.7. The van der Waals surface area contributed by atoms with Crippen molar-refractivity contribution in [2.24, 2.45) is 13.0 Å². The zero-order valence-electron chi connectivity index (χ0n) is 8.88. The first-order valence-corrected chi connectivity index (χ1v) is 5.21. The summed E-state index contributed by atoms with van der Waals surface area (Å²) in [5.74, 6) is 1.99. The summed E-state index contributed by atoms with van der Waals surface area (Å²) in [5, 5.41) is 11.0. The number of hydrogen-bond donors (Lipinski definition) is 2. The first-order chi connectivity index (χ1) is 6.75. The molecule has 0 aromatic carbocycles. The maximum atomic E-state index is 4.28. The molecule has 4 nitrogen and oxygen atoms in total. The fourth-order valence-corrected chi connectivity index (χ4v) is 1.73. The van der Waals surface area contributed by atoms with Crippen LogP contribution in [0.5, 0.6) is 0 Å².